The standard InChI is InChI=1S/C26H38N4O4S/c1-20(2)17-30(35(33)24-9-4-3-5-10-24)15-13-23(28-19-31)16-21-8-6-7-11-25(21)34-26(32)29-14-12-22(27)18-29/h3-11,19-23,25H,12-18,27H2,1-2H3,(H,28,31)/t21?,22-,23-,25?,35?/m1/s1. The van der Waals surface area contributed by atoms with E-state index in [4.69, 9.17) is 10.5 Å². The molecule has 0 aromatic heterocycles. The number of hydrogen-bond donors (Lipinski definition) is 2. The summed E-state index contributed by atoms with van der Waals surface area (Å²) in [4.78, 5) is 26.4. The van der Waals surface area contributed by atoms with Crippen molar-refractivity contribution in [2.45, 2.75) is 56.2 Å². The third-order valence-electron chi connectivity index (χ3n) is 6.25. The molecular formula is C26H38N4O4S. The van der Waals surface area contributed by atoms with Gasteiger partial charge < -0.3 is 25.2 Å². The van der Waals surface area contributed by atoms with Crippen LogP contribution < -0.4 is 11.1 Å². The zero-order chi connectivity index (χ0) is 25.2. The van der Waals surface area contributed by atoms with Crippen LogP contribution in [0.3, 0.4) is 0 Å². The van der Waals surface area contributed by atoms with Crippen LogP contribution in [0.1, 0.15) is 33.1 Å². The quantitative estimate of drug-likeness (QED) is 0.336. The number of ether oxygens (including phenoxy) is 1. The van der Waals surface area contributed by atoms with Crippen molar-refractivity contribution >= 4 is 23.9 Å². The molecule has 1 aromatic carbocycles. The highest BCUT2D eigenvalue weighted by Crippen LogP contribution is 2.25. The van der Waals surface area contributed by atoms with E-state index in [1.54, 1.807) is 4.90 Å². The minimum absolute atomic E-state index is 0.00321. The molecule has 0 saturated carbocycles. The summed E-state index contributed by atoms with van der Waals surface area (Å²) < 4.78 is 21.0. The molecule has 2 amide bonds. The van der Waals surface area contributed by atoms with Crippen LogP contribution in [0.4, 0.5) is 4.79 Å². The van der Waals surface area contributed by atoms with Gasteiger partial charge in [-0.15, -0.1) is 4.31 Å². The third kappa shape index (κ3) is 8.38. The van der Waals surface area contributed by atoms with Crippen molar-refractivity contribution in [2.75, 3.05) is 26.2 Å². The Labute approximate surface area is 211 Å². The van der Waals surface area contributed by atoms with Crippen molar-refractivity contribution in [1.82, 2.24) is 14.5 Å². The summed E-state index contributed by atoms with van der Waals surface area (Å²) in [6.07, 6.45) is 9.66. The second-order valence-corrected chi connectivity index (χ2v) is 11.1. The van der Waals surface area contributed by atoms with Gasteiger partial charge in [-0.3, -0.25) is 4.79 Å². The lowest BCUT2D eigenvalue weighted by molar-refractivity contribution is -0.110. The fraction of sp³-hybridized carbons (Fsp3) is 0.538. The molecule has 9 heteroatoms. The molecule has 1 aromatic rings. The number of rotatable bonds is 12. The molecule has 1 heterocycles. The summed E-state index contributed by atoms with van der Waals surface area (Å²) in [6.45, 7) is 6.56. The van der Waals surface area contributed by atoms with Crippen molar-refractivity contribution in [1.29, 1.82) is 0 Å². The van der Waals surface area contributed by atoms with Crippen molar-refractivity contribution in [2.24, 2.45) is 17.6 Å². The maximum absolute atomic E-state index is 13.2. The van der Waals surface area contributed by atoms with E-state index in [1.165, 1.54) is 0 Å². The van der Waals surface area contributed by atoms with E-state index in [1.807, 2.05) is 58.9 Å². The fourth-order valence-corrected chi connectivity index (χ4v) is 5.84. The number of carbonyl (C=O) groups is 2. The number of amides is 2. The van der Waals surface area contributed by atoms with E-state index in [0.717, 1.165) is 11.3 Å². The van der Waals surface area contributed by atoms with Gasteiger partial charge in [-0.25, -0.2) is 4.79 Å². The molecule has 0 bridgehead atoms. The highest BCUT2D eigenvalue weighted by molar-refractivity contribution is 7.89. The summed E-state index contributed by atoms with van der Waals surface area (Å²) in [5.74, 6) is 0.268. The molecule has 3 unspecified atom stereocenters. The molecule has 1 saturated heterocycles. The Bertz CT molecular complexity index is 866. The third-order valence-corrected chi connectivity index (χ3v) is 7.72. The summed E-state index contributed by atoms with van der Waals surface area (Å²) in [6, 6.07) is 9.26. The van der Waals surface area contributed by atoms with Gasteiger partial charge in [-0.05, 0) is 43.4 Å². The molecule has 1 aliphatic heterocycles. The molecule has 192 valence electrons. The number of nitrogens with one attached hydrogen (secondary N) is 1. The van der Waals surface area contributed by atoms with Gasteiger partial charge in [0.1, 0.15) is 6.10 Å². The molecule has 1 fully saturated rings. The van der Waals surface area contributed by atoms with Crippen molar-refractivity contribution in [3.63, 3.8) is 0 Å². The predicted octanol–water partition coefficient (Wildman–Crippen LogP) is 2.84. The summed E-state index contributed by atoms with van der Waals surface area (Å²) >= 11 is -1.28. The maximum Gasteiger partial charge on any atom is 0.410 e. The lowest BCUT2D eigenvalue weighted by Crippen LogP contribution is -2.41. The Hall–Kier alpha value is -2.33. The van der Waals surface area contributed by atoms with Crippen LogP contribution in [0.25, 0.3) is 0 Å². The normalized spacial score (nSPS) is 23.5. The smallest absolute Gasteiger partial charge is 0.410 e. The fourth-order valence-electron chi connectivity index (χ4n) is 4.45. The first-order valence-corrected chi connectivity index (χ1v) is 13.5. The van der Waals surface area contributed by atoms with E-state index in [9.17, 15) is 14.1 Å². The van der Waals surface area contributed by atoms with E-state index in [-0.39, 0.29) is 24.1 Å². The van der Waals surface area contributed by atoms with Crippen LogP contribution in [0, 0.1) is 11.8 Å². The van der Waals surface area contributed by atoms with E-state index >= 15 is 0 Å². The Balaban J connectivity index is 1.61. The van der Waals surface area contributed by atoms with Gasteiger partial charge in [0.15, 0.2) is 4.90 Å². The molecule has 0 radical (unpaired) electrons. The molecule has 2 aliphatic rings. The minimum atomic E-state index is -1.28. The average molecular weight is 503 g/mol. The second-order valence-electron chi connectivity index (χ2n) is 9.63. The Morgan fingerprint density at radius 2 is 2.06 bits per heavy atom. The van der Waals surface area contributed by atoms with Crippen molar-refractivity contribution in [3.8, 4) is 0 Å². The Kier molecular flexibility index (Phi) is 10.7. The van der Waals surface area contributed by atoms with Crippen molar-refractivity contribution < 1.29 is 18.9 Å². The summed E-state index contributed by atoms with van der Waals surface area (Å²) in [5.41, 5.74) is 5.93. The van der Waals surface area contributed by atoms with Crippen LogP contribution >= 0.6 is 0 Å². The lowest BCUT2D eigenvalue weighted by Gasteiger charge is -2.30. The molecule has 3 N–H and O–H groups in total. The first kappa shape index (κ1) is 27.3. The highest BCUT2D eigenvalue weighted by atomic mass is 32.2. The molecule has 0 spiro atoms. The van der Waals surface area contributed by atoms with Crippen LogP contribution in [0.15, 0.2) is 59.5 Å². The monoisotopic (exact) mass is 502 g/mol. The average Bonchev–Trinajstić information content (AvgIpc) is 3.29. The summed E-state index contributed by atoms with van der Waals surface area (Å²) in [5, 5.41) is 2.92. The topological polar surface area (TPSA) is 111 Å². The molecule has 5 atom stereocenters. The first-order valence-electron chi connectivity index (χ1n) is 12.3. The number of benzene rings is 1. The zero-order valence-corrected chi connectivity index (χ0v) is 21.4. The molecule has 1 aliphatic carbocycles. The second kappa shape index (κ2) is 13.7. The Morgan fingerprint density at radius 1 is 1.31 bits per heavy atom. The van der Waals surface area contributed by atoms with E-state index in [0.29, 0.717) is 51.3 Å². The van der Waals surface area contributed by atoms with E-state index in [2.05, 4.69) is 19.2 Å². The first-order chi connectivity index (χ1) is 16.9. The van der Waals surface area contributed by atoms with Gasteiger partial charge in [-0.2, -0.15) is 0 Å². The summed E-state index contributed by atoms with van der Waals surface area (Å²) in [7, 11) is 0. The van der Waals surface area contributed by atoms with Gasteiger partial charge in [0, 0.05) is 44.2 Å². The number of hydrogen-bond acceptors (Lipinski definition) is 6. The van der Waals surface area contributed by atoms with Gasteiger partial charge in [-0.1, -0.05) is 50.3 Å². The Morgan fingerprint density at radius 3 is 2.71 bits per heavy atom. The SMILES string of the molecule is CC(C)CN(CC[C@H](CC1C=CC=CC1OC(=O)N1CC[C@@H](N)C1)NC=O)[S+]([O-])c1ccccc1. The molecule has 35 heavy (non-hydrogen) atoms. The maximum atomic E-state index is 13.2. The van der Waals surface area contributed by atoms with Gasteiger partial charge >= 0.3 is 6.09 Å². The van der Waals surface area contributed by atoms with Crippen LogP contribution in [0.2, 0.25) is 0 Å². The molecule has 8 nitrogen and oxygen atoms in total. The van der Waals surface area contributed by atoms with Gasteiger partial charge in [0.25, 0.3) is 0 Å². The number of nitrogens with zero attached hydrogens (tertiary/aromatic N) is 2. The minimum Gasteiger partial charge on any atom is -0.593 e. The lowest BCUT2D eigenvalue weighted by atomic mass is 9.89. The van der Waals surface area contributed by atoms with Crippen LogP contribution in [0.5, 0.6) is 0 Å². The van der Waals surface area contributed by atoms with Crippen LogP contribution in [-0.2, 0) is 20.9 Å². The van der Waals surface area contributed by atoms with Crippen LogP contribution in [-0.4, -0.2) is 70.6 Å². The predicted molar refractivity (Wildman–Crippen MR) is 138 cm³/mol. The largest absolute Gasteiger partial charge is 0.593 e. The number of allylic oxidation sites excluding steroid dienone is 2. The van der Waals surface area contributed by atoms with E-state index < -0.39 is 17.5 Å². The van der Waals surface area contributed by atoms with Gasteiger partial charge in [0.05, 0.1) is 11.4 Å². The van der Waals surface area contributed by atoms with Gasteiger partial charge in [0.2, 0.25) is 6.41 Å². The number of likely N-dealkylation sites (tertiary alicyclic amines) is 1. The molecular weight excluding hydrogens is 464 g/mol. The zero-order valence-electron chi connectivity index (χ0n) is 20.6. The van der Waals surface area contributed by atoms with Crippen molar-refractivity contribution in [3.05, 3.63) is 54.6 Å². The number of carbonyl (C=O) groups excluding carboxylic acids is 2. The molecule has 3 rings (SSSR count). The number of nitrogens with two attached hydrogens (primary N) is 1. The highest BCUT2D eigenvalue weighted by Gasteiger charge is 2.31.